The van der Waals surface area contributed by atoms with Gasteiger partial charge in [-0.3, -0.25) is 0 Å². The molecule has 3 aromatic carbocycles. The van der Waals surface area contributed by atoms with Gasteiger partial charge in [0, 0.05) is 5.56 Å². The van der Waals surface area contributed by atoms with Gasteiger partial charge in [0.05, 0.1) is 11.1 Å². The van der Waals surface area contributed by atoms with Crippen molar-refractivity contribution in [2.24, 2.45) is 4.99 Å². The number of carbonyl (C=O) groups excluding carboxylic acids is 1. The topological polar surface area (TPSA) is 57.1 Å². The molecule has 0 radical (unpaired) electrons. The van der Waals surface area contributed by atoms with Crippen LogP contribution in [0.4, 0.5) is 0 Å². The average molecular weight is 506 g/mol. The van der Waals surface area contributed by atoms with Gasteiger partial charge in [0.2, 0.25) is 5.90 Å². The minimum Gasteiger partial charge on any atom is -0.490 e. The molecule has 0 spiro atoms. The fraction of sp³-hybridized carbons (Fsp3) is 0.185. The Morgan fingerprint density at radius 1 is 1.03 bits per heavy atom. The van der Waals surface area contributed by atoms with E-state index in [1.807, 2.05) is 68.4 Å². The third kappa shape index (κ3) is 5.34. The lowest BCUT2D eigenvalue weighted by Crippen LogP contribution is -2.05. The Morgan fingerprint density at radius 3 is 2.52 bits per heavy atom. The first-order chi connectivity index (χ1) is 15.9. The molecule has 5 nitrogen and oxygen atoms in total. The number of esters is 1. The third-order valence-corrected chi connectivity index (χ3v) is 5.78. The van der Waals surface area contributed by atoms with Crippen LogP contribution in [-0.2, 0) is 16.1 Å². The van der Waals surface area contributed by atoms with E-state index in [1.54, 1.807) is 6.08 Å². The van der Waals surface area contributed by atoms with Gasteiger partial charge in [-0.1, -0.05) is 42.0 Å². The number of benzene rings is 3. The van der Waals surface area contributed by atoms with Crippen LogP contribution < -0.4 is 9.47 Å². The van der Waals surface area contributed by atoms with Gasteiger partial charge >= 0.3 is 5.97 Å². The molecule has 0 aromatic heterocycles. The Labute approximate surface area is 201 Å². The molecule has 0 saturated heterocycles. The van der Waals surface area contributed by atoms with E-state index in [2.05, 4.69) is 33.9 Å². The maximum absolute atomic E-state index is 12.4. The highest BCUT2D eigenvalue weighted by atomic mass is 79.9. The predicted octanol–water partition coefficient (Wildman–Crippen LogP) is 6.39. The van der Waals surface area contributed by atoms with Crippen molar-refractivity contribution < 1.29 is 19.0 Å². The van der Waals surface area contributed by atoms with Crippen LogP contribution in [0.25, 0.3) is 6.08 Å². The van der Waals surface area contributed by atoms with E-state index in [0.717, 1.165) is 32.3 Å². The lowest BCUT2D eigenvalue weighted by molar-refractivity contribution is -0.129. The van der Waals surface area contributed by atoms with Crippen LogP contribution in [0.2, 0.25) is 0 Å². The number of aliphatic imine (C=N–C) groups is 1. The number of halogens is 1. The first-order valence-electron chi connectivity index (χ1n) is 10.7. The number of carbonyl (C=O) groups is 1. The number of cyclic esters (lactones) is 1. The van der Waals surface area contributed by atoms with Crippen molar-refractivity contribution in [2.45, 2.75) is 27.4 Å². The summed E-state index contributed by atoms with van der Waals surface area (Å²) in [7, 11) is 0. The molecule has 0 N–H and O–H groups in total. The molecule has 6 heteroatoms. The Bertz CT molecular complexity index is 1250. The summed E-state index contributed by atoms with van der Waals surface area (Å²) in [6.45, 7) is 6.86. The summed E-state index contributed by atoms with van der Waals surface area (Å²) in [5.74, 6) is 1.01. The van der Waals surface area contributed by atoms with E-state index in [4.69, 9.17) is 14.2 Å². The molecule has 33 heavy (non-hydrogen) atoms. The summed E-state index contributed by atoms with van der Waals surface area (Å²) in [6, 6.07) is 19.5. The summed E-state index contributed by atoms with van der Waals surface area (Å²) < 4.78 is 18.0. The number of rotatable bonds is 7. The summed E-state index contributed by atoms with van der Waals surface area (Å²) in [5.41, 5.74) is 5.12. The minimum absolute atomic E-state index is 0.230. The van der Waals surface area contributed by atoms with Crippen LogP contribution in [0.5, 0.6) is 11.5 Å². The summed E-state index contributed by atoms with van der Waals surface area (Å²) >= 11 is 3.59. The van der Waals surface area contributed by atoms with Crippen molar-refractivity contribution in [1.82, 2.24) is 0 Å². The third-order valence-electron chi connectivity index (χ3n) is 5.19. The number of aryl methyl sites for hydroxylation is 2. The predicted molar refractivity (Wildman–Crippen MR) is 133 cm³/mol. The zero-order valence-electron chi connectivity index (χ0n) is 18.7. The van der Waals surface area contributed by atoms with Crippen LogP contribution in [0.3, 0.4) is 0 Å². The van der Waals surface area contributed by atoms with Crippen molar-refractivity contribution in [3.63, 3.8) is 0 Å². The molecule has 0 atom stereocenters. The number of ether oxygens (including phenoxy) is 3. The molecule has 3 aromatic rings. The van der Waals surface area contributed by atoms with Gasteiger partial charge in [-0.15, -0.1) is 0 Å². The number of hydrogen-bond acceptors (Lipinski definition) is 5. The average Bonchev–Trinajstić information content (AvgIpc) is 3.15. The Balaban J connectivity index is 1.61. The minimum atomic E-state index is -0.487. The first kappa shape index (κ1) is 22.8. The van der Waals surface area contributed by atoms with E-state index >= 15 is 0 Å². The van der Waals surface area contributed by atoms with Gasteiger partial charge in [-0.2, -0.15) is 0 Å². The molecule has 1 aliphatic heterocycles. The molecule has 1 heterocycles. The second-order valence-electron chi connectivity index (χ2n) is 7.68. The second kappa shape index (κ2) is 10.0. The van der Waals surface area contributed by atoms with E-state index in [0.29, 0.717) is 30.6 Å². The van der Waals surface area contributed by atoms with Gasteiger partial charge < -0.3 is 14.2 Å². The standard InChI is InChI=1S/C27H24BrNO4/c1-4-31-24-15-19(13-22(28)25(24)32-16-21-8-6-5-7-18(21)3)14-23-27(30)33-26(29-23)20-11-9-17(2)10-12-20/h5-15H,4,16H2,1-3H3/b23-14-. The van der Waals surface area contributed by atoms with E-state index in [-0.39, 0.29) is 5.70 Å². The summed E-state index contributed by atoms with van der Waals surface area (Å²) in [6.07, 6.45) is 1.68. The zero-order valence-corrected chi connectivity index (χ0v) is 20.3. The van der Waals surface area contributed by atoms with Crippen LogP contribution in [0.15, 0.2) is 75.8 Å². The first-order valence-corrected chi connectivity index (χ1v) is 11.5. The fourth-order valence-electron chi connectivity index (χ4n) is 3.38. The van der Waals surface area contributed by atoms with Gasteiger partial charge in [0.1, 0.15) is 6.61 Å². The molecule has 4 rings (SSSR count). The molecule has 0 fully saturated rings. The molecular formula is C27H24BrNO4. The second-order valence-corrected chi connectivity index (χ2v) is 8.53. The Kier molecular flexibility index (Phi) is 6.94. The molecular weight excluding hydrogens is 482 g/mol. The monoisotopic (exact) mass is 505 g/mol. The van der Waals surface area contributed by atoms with Crippen LogP contribution in [0, 0.1) is 13.8 Å². The van der Waals surface area contributed by atoms with Gasteiger partial charge in [-0.25, -0.2) is 9.79 Å². The van der Waals surface area contributed by atoms with Gasteiger partial charge in [0.15, 0.2) is 17.2 Å². The van der Waals surface area contributed by atoms with Gasteiger partial charge in [0.25, 0.3) is 0 Å². The Hall–Kier alpha value is -3.38. The van der Waals surface area contributed by atoms with E-state index in [9.17, 15) is 4.79 Å². The van der Waals surface area contributed by atoms with Crippen molar-refractivity contribution in [2.75, 3.05) is 6.61 Å². The summed E-state index contributed by atoms with van der Waals surface area (Å²) in [4.78, 5) is 16.8. The normalized spacial score (nSPS) is 14.2. The van der Waals surface area contributed by atoms with Crippen molar-refractivity contribution in [3.8, 4) is 11.5 Å². The largest absolute Gasteiger partial charge is 0.490 e. The van der Waals surface area contributed by atoms with Crippen LogP contribution in [-0.4, -0.2) is 18.5 Å². The lowest BCUT2D eigenvalue weighted by atomic mass is 10.1. The Morgan fingerprint density at radius 2 is 1.79 bits per heavy atom. The molecule has 0 amide bonds. The molecule has 0 unspecified atom stereocenters. The quantitative estimate of drug-likeness (QED) is 0.275. The highest BCUT2D eigenvalue weighted by Gasteiger charge is 2.24. The summed E-state index contributed by atoms with van der Waals surface area (Å²) in [5, 5.41) is 0. The molecule has 0 bridgehead atoms. The van der Waals surface area contributed by atoms with Crippen LogP contribution in [0.1, 0.15) is 34.7 Å². The lowest BCUT2D eigenvalue weighted by Gasteiger charge is -2.15. The van der Waals surface area contributed by atoms with Crippen molar-refractivity contribution >= 4 is 33.9 Å². The molecule has 0 aliphatic carbocycles. The highest BCUT2D eigenvalue weighted by Crippen LogP contribution is 2.38. The van der Waals surface area contributed by atoms with Gasteiger partial charge in [-0.05, 0) is 83.7 Å². The maximum Gasteiger partial charge on any atom is 0.363 e. The highest BCUT2D eigenvalue weighted by molar-refractivity contribution is 9.10. The molecule has 168 valence electrons. The zero-order chi connectivity index (χ0) is 23.4. The van der Waals surface area contributed by atoms with E-state index in [1.165, 1.54) is 0 Å². The van der Waals surface area contributed by atoms with Crippen molar-refractivity contribution in [3.05, 3.63) is 98.7 Å². The number of nitrogens with zero attached hydrogens (tertiary/aromatic N) is 1. The smallest absolute Gasteiger partial charge is 0.363 e. The number of hydrogen-bond donors (Lipinski definition) is 0. The SMILES string of the molecule is CCOc1cc(/C=C2\N=C(c3ccc(C)cc3)OC2=O)cc(Br)c1OCc1ccccc1C. The fourth-order valence-corrected chi connectivity index (χ4v) is 3.96. The van der Waals surface area contributed by atoms with Crippen molar-refractivity contribution in [1.29, 1.82) is 0 Å². The molecule has 0 saturated carbocycles. The van der Waals surface area contributed by atoms with E-state index < -0.39 is 5.97 Å². The maximum atomic E-state index is 12.4. The van der Waals surface area contributed by atoms with Crippen LogP contribution >= 0.6 is 15.9 Å². The molecule has 1 aliphatic rings.